The highest BCUT2D eigenvalue weighted by Gasteiger charge is 2.11. The molecule has 2 aromatic carbocycles. The highest BCUT2D eigenvalue weighted by Crippen LogP contribution is 2.21. The van der Waals surface area contributed by atoms with Gasteiger partial charge >= 0.3 is 0 Å². The van der Waals surface area contributed by atoms with Crippen LogP contribution in [-0.2, 0) is 11.2 Å². The van der Waals surface area contributed by atoms with E-state index in [1.165, 1.54) is 6.92 Å². The maximum Gasteiger partial charge on any atom is 0.251 e. The quantitative estimate of drug-likeness (QED) is 0.769. The van der Waals surface area contributed by atoms with Crippen molar-refractivity contribution in [2.45, 2.75) is 20.3 Å². The Kier molecular flexibility index (Phi) is 7.49. The summed E-state index contributed by atoms with van der Waals surface area (Å²) in [5.74, 6) is -0.183. The average Bonchev–Trinajstić information content (AvgIpc) is 2.58. The van der Waals surface area contributed by atoms with Crippen LogP contribution in [0.15, 0.2) is 42.5 Å². The van der Waals surface area contributed by atoms with Crippen LogP contribution < -0.4 is 5.32 Å². The number of halogens is 2. The lowest BCUT2D eigenvalue weighted by atomic mass is 10.1. The molecule has 2 amide bonds. The van der Waals surface area contributed by atoms with Gasteiger partial charge < -0.3 is 10.2 Å². The van der Waals surface area contributed by atoms with Gasteiger partial charge in [-0.1, -0.05) is 47.0 Å². The molecule has 0 aliphatic carbocycles. The van der Waals surface area contributed by atoms with Crippen LogP contribution in [0.4, 0.5) is 0 Å². The summed E-state index contributed by atoms with van der Waals surface area (Å²) < 4.78 is 0. The van der Waals surface area contributed by atoms with Gasteiger partial charge in [0.1, 0.15) is 0 Å². The number of amides is 2. The Morgan fingerprint density at radius 3 is 2.50 bits per heavy atom. The molecule has 6 heteroatoms. The third-order valence-corrected chi connectivity index (χ3v) is 4.65. The molecule has 0 fully saturated rings. The van der Waals surface area contributed by atoms with E-state index in [1.807, 2.05) is 31.2 Å². The normalized spacial score (nSPS) is 10.5. The van der Waals surface area contributed by atoms with Gasteiger partial charge in [0.05, 0.1) is 0 Å². The zero-order valence-corrected chi connectivity index (χ0v) is 16.4. The molecule has 0 aliphatic heterocycles. The van der Waals surface area contributed by atoms with Gasteiger partial charge in [-0.05, 0) is 43.2 Å². The van der Waals surface area contributed by atoms with Crippen molar-refractivity contribution in [3.63, 3.8) is 0 Å². The zero-order valence-electron chi connectivity index (χ0n) is 14.9. The number of aryl methyl sites for hydroxylation is 1. The topological polar surface area (TPSA) is 49.4 Å². The molecular formula is C20H22Cl2N2O2. The molecule has 0 saturated heterocycles. The molecule has 1 N–H and O–H groups in total. The first kappa shape index (κ1) is 20.3. The van der Waals surface area contributed by atoms with Gasteiger partial charge in [-0.2, -0.15) is 0 Å². The van der Waals surface area contributed by atoms with Crippen molar-refractivity contribution < 1.29 is 9.59 Å². The molecule has 0 atom stereocenters. The van der Waals surface area contributed by atoms with E-state index in [0.717, 1.165) is 11.1 Å². The summed E-state index contributed by atoms with van der Waals surface area (Å²) in [4.78, 5) is 25.7. The number of carbonyl (C=O) groups is 2. The Labute approximate surface area is 164 Å². The Bertz CT molecular complexity index is 793. The Morgan fingerprint density at radius 2 is 1.85 bits per heavy atom. The minimum atomic E-state index is -0.141. The summed E-state index contributed by atoms with van der Waals surface area (Å²) >= 11 is 12.1. The summed E-state index contributed by atoms with van der Waals surface area (Å²) in [7, 11) is 0. The number of carbonyl (C=O) groups excluding carboxylic acids is 2. The van der Waals surface area contributed by atoms with Crippen LogP contribution in [0.5, 0.6) is 0 Å². The SMILES string of the molecule is CC(=O)N(CCNC(=O)c1cccc(C)c1)CCc1ccc(Cl)cc1Cl. The van der Waals surface area contributed by atoms with E-state index in [0.29, 0.717) is 41.7 Å². The van der Waals surface area contributed by atoms with Crippen molar-refractivity contribution in [3.8, 4) is 0 Å². The number of rotatable bonds is 7. The van der Waals surface area contributed by atoms with E-state index < -0.39 is 0 Å². The van der Waals surface area contributed by atoms with Crippen molar-refractivity contribution in [2.75, 3.05) is 19.6 Å². The van der Waals surface area contributed by atoms with Crippen molar-refractivity contribution in [2.24, 2.45) is 0 Å². The van der Waals surface area contributed by atoms with Crippen LogP contribution >= 0.6 is 23.2 Å². The fraction of sp³-hybridized carbons (Fsp3) is 0.300. The molecule has 2 aromatic rings. The summed E-state index contributed by atoms with van der Waals surface area (Å²) in [5, 5.41) is 4.03. The molecular weight excluding hydrogens is 371 g/mol. The van der Waals surface area contributed by atoms with Crippen LogP contribution in [0.2, 0.25) is 10.0 Å². The molecule has 0 spiro atoms. The summed E-state index contributed by atoms with van der Waals surface area (Å²) in [5.41, 5.74) is 2.58. The molecule has 0 aromatic heterocycles. The number of hydrogen-bond donors (Lipinski definition) is 1. The largest absolute Gasteiger partial charge is 0.350 e. The van der Waals surface area contributed by atoms with Gasteiger partial charge in [0.25, 0.3) is 5.91 Å². The van der Waals surface area contributed by atoms with E-state index in [-0.39, 0.29) is 11.8 Å². The fourth-order valence-electron chi connectivity index (χ4n) is 2.60. The summed E-state index contributed by atoms with van der Waals surface area (Å²) in [6.45, 7) is 4.82. The molecule has 4 nitrogen and oxygen atoms in total. The number of nitrogens with zero attached hydrogens (tertiary/aromatic N) is 1. The first-order valence-corrected chi connectivity index (χ1v) is 9.16. The molecule has 138 valence electrons. The van der Waals surface area contributed by atoms with Crippen molar-refractivity contribution in [3.05, 3.63) is 69.2 Å². The molecule has 0 radical (unpaired) electrons. The predicted octanol–water partition coefficient (Wildman–Crippen LogP) is 4.12. The maximum atomic E-state index is 12.2. The Hall–Kier alpha value is -2.04. The molecule has 2 rings (SSSR count). The fourth-order valence-corrected chi connectivity index (χ4v) is 3.10. The van der Waals surface area contributed by atoms with Gasteiger partial charge in [0.15, 0.2) is 0 Å². The molecule has 26 heavy (non-hydrogen) atoms. The second-order valence-electron chi connectivity index (χ2n) is 6.12. The molecule has 0 heterocycles. The van der Waals surface area contributed by atoms with Crippen LogP contribution in [0.1, 0.15) is 28.4 Å². The second-order valence-corrected chi connectivity index (χ2v) is 6.96. The third-order valence-electron chi connectivity index (χ3n) is 4.06. The number of hydrogen-bond acceptors (Lipinski definition) is 2. The number of nitrogens with one attached hydrogen (secondary N) is 1. The molecule has 0 saturated carbocycles. The zero-order chi connectivity index (χ0) is 19.1. The van der Waals surface area contributed by atoms with Gasteiger partial charge in [0, 0.05) is 42.2 Å². The van der Waals surface area contributed by atoms with Crippen LogP contribution in [-0.4, -0.2) is 36.3 Å². The van der Waals surface area contributed by atoms with Crippen molar-refractivity contribution >= 4 is 35.0 Å². The van der Waals surface area contributed by atoms with Crippen LogP contribution in [0.3, 0.4) is 0 Å². The third kappa shape index (κ3) is 6.04. The minimum absolute atomic E-state index is 0.0418. The van der Waals surface area contributed by atoms with Gasteiger partial charge in [0.2, 0.25) is 5.91 Å². The van der Waals surface area contributed by atoms with E-state index >= 15 is 0 Å². The highest BCUT2D eigenvalue weighted by molar-refractivity contribution is 6.35. The Balaban J connectivity index is 1.86. The first-order valence-electron chi connectivity index (χ1n) is 8.41. The van der Waals surface area contributed by atoms with E-state index in [1.54, 1.807) is 23.1 Å². The molecule has 0 aliphatic rings. The van der Waals surface area contributed by atoms with E-state index in [2.05, 4.69) is 5.32 Å². The van der Waals surface area contributed by atoms with Crippen molar-refractivity contribution in [1.82, 2.24) is 10.2 Å². The lowest BCUT2D eigenvalue weighted by Crippen LogP contribution is -2.38. The molecule has 0 unspecified atom stereocenters. The predicted molar refractivity (Wildman–Crippen MR) is 106 cm³/mol. The van der Waals surface area contributed by atoms with E-state index in [9.17, 15) is 9.59 Å². The Morgan fingerprint density at radius 1 is 1.08 bits per heavy atom. The highest BCUT2D eigenvalue weighted by atomic mass is 35.5. The number of benzene rings is 2. The van der Waals surface area contributed by atoms with Crippen LogP contribution in [0, 0.1) is 6.92 Å². The second kappa shape index (κ2) is 9.60. The standard InChI is InChI=1S/C20H22Cl2N2O2/c1-14-4-3-5-17(12-14)20(26)23-9-11-24(15(2)25)10-8-16-6-7-18(21)13-19(16)22/h3-7,12-13H,8-11H2,1-2H3,(H,23,26). The monoisotopic (exact) mass is 392 g/mol. The van der Waals surface area contributed by atoms with Crippen molar-refractivity contribution in [1.29, 1.82) is 0 Å². The lowest BCUT2D eigenvalue weighted by Gasteiger charge is -2.21. The van der Waals surface area contributed by atoms with Gasteiger partial charge in [-0.3, -0.25) is 9.59 Å². The van der Waals surface area contributed by atoms with Gasteiger partial charge in [-0.15, -0.1) is 0 Å². The summed E-state index contributed by atoms with van der Waals surface area (Å²) in [6.07, 6.45) is 0.626. The maximum absolute atomic E-state index is 12.2. The van der Waals surface area contributed by atoms with Crippen LogP contribution in [0.25, 0.3) is 0 Å². The minimum Gasteiger partial charge on any atom is -0.350 e. The first-order chi connectivity index (χ1) is 12.4. The van der Waals surface area contributed by atoms with E-state index in [4.69, 9.17) is 23.2 Å². The average molecular weight is 393 g/mol. The summed E-state index contributed by atoms with van der Waals surface area (Å²) in [6, 6.07) is 12.7. The smallest absolute Gasteiger partial charge is 0.251 e. The van der Waals surface area contributed by atoms with Gasteiger partial charge in [-0.25, -0.2) is 0 Å². The molecule has 0 bridgehead atoms. The lowest BCUT2D eigenvalue weighted by molar-refractivity contribution is -0.128.